The van der Waals surface area contributed by atoms with E-state index in [1.165, 1.54) is 11.8 Å². The lowest BCUT2D eigenvalue weighted by Gasteiger charge is -2.24. The minimum absolute atomic E-state index is 0.359. The summed E-state index contributed by atoms with van der Waals surface area (Å²) in [5.41, 5.74) is 1.07. The zero-order valence-corrected chi connectivity index (χ0v) is 12.2. The molecule has 0 aliphatic rings. The Kier molecular flexibility index (Phi) is 6.31. The lowest BCUT2D eigenvalue weighted by atomic mass is 10.1. The summed E-state index contributed by atoms with van der Waals surface area (Å²) in [4.78, 5) is 14.3. The molecule has 0 fully saturated rings. The van der Waals surface area contributed by atoms with Gasteiger partial charge in [0.15, 0.2) is 0 Å². The van der Waals surface area contributed by atoms with Crippen LogP contribution in [-0.2, 0) is 0 Å². The zero-order chi connectivity index (χ0) is 14.3. The third kappa shape index (κ3) is 3.93. The van der Waals surface area contributed by atoms with E-state index >= 15 is 0 Å². The standard InChI is InChI=1S/C15H19NO2S/c1-4-10-16(11-5-2)12-8-7-9-13(19-6-3)14(12)15(17)18/h1,7-9H,5-6,10-11H2,2-3H3,(H,17,18). The average molecular weight is 277 g/mol. The van der Waals surface area contributed by atoms with Crippen molar-refractivity contribution in [2.45, 2.75) is 25.2 Å². The second-order valence-electron chi connectivity index (χ2n) is 4.01. The Morgan fingerprint density at radius 2 is 2.21 bits per heavy atom. The fraction of sp³-hybridized carbons (Fsp3) is 0.400. The maximum Gasteiger partial charge on any atom is 0.338 e. The molecule has 0 heterocycles. The number of hydrogen-bond acceptors (Lipinski definition) is 3. The van der Waals surface area contributed by atoms with E-state index in [0.29, 0.717) is 17.8 Å². The number of terminal acetylenes is 1. The molecule has 0 spiro atoms. The Bertz CT molecular complexity index is 480. The molecule has 0 aromatic heterocycles. The molecule has 0 atom stereocenters. The largest absolute Gasteiger partial charge is 0.478 e. The van der Waals surface area contributed by atoms with Crippen LogP contribution >= 0.6 is 11.8 Å². The van der Waals surface area contributed by atoms with Crippen molar-refractivity contribution in [3.63, 3.8) is 0 Å². The van der Waals surface area contributed by atoms with Gasteiger partial charge in [0.1, 0.15) is 0 Å². The lowest BCUT2D eigenvalue weighted by molar-refractivity contribution is 0.0694. The Balaban J connectivity index is 3.27. The minimum atomic E-state index is -0.898. The number of carboxylic acid groups (broad SMARTS) is 1. The topological polar surface area (TPSA) is 40.5 Å². The molecule has 4 heteroatoms. The normalized spacial score (nSPS) is 9.95. The molecule has 1 N–H and O–H groups in total. The van der Waals surface area contributed by atoms with Crippen molar-refractivity contribution in [1.82, 2.24) is 0 Å². The zero-order valence-electron chi connectivity index (χ0n) is 11.3. The van der Waals surface area contributed by atoms with Crippen molar-refractivity contribution in [3.8, 4) is 12.3 Å². The SMILES string of the molecule is C#CCN(CCC)c1cccc(SCC)c1C(=O)O. The molecule has 1 aromatic carbocycles. The summed E-state index contributed by atoms with van der Waals surface area (Å²) in [7, 11) is 0. The highest BCUT2D eigenvalue weighted by molar-refractivity contribution is 7.99. The Morgan fingerprint density at radius 1 is 1.47 bits per heavy atom. The molecule has 0 aliphatic carbocycles. The van der Waals surface area contributed by atoms with Gasteiger partial charge < -0.3 is 10.0 Å². The summed E-state index contributed by atoms with van der Waals surface area (Å²) in [6.45, 7) is 5.24. The summed E-state index contributed by atoms with van der Waals surface area (Å²) >= 11 is 1.54. The van der Waals surface area contributed by atoms with Gasteiger partial charge in [0.2, 0.25) is 0 Å². The van der Waals surface area contributed by atoms with Gasteiger partial charge in [-0.3, -0.25) is 0 Å². The molecule has 0 unspecified atom stereocenters. The van der Waals surface area contributed by atoms with Gasteiger partial charge in [0.25, 0.3) is 0 Å². The van der Waals surface area contributed by atoms with Crippen molar-refractivity contribution in [2.75, 3.05) is 23.7 Å². The van der Waals surface area contributed by atoms with Crippen molar-refractivity contribution in [2.24, 2.45) is 0 Å². The average Bonchev–Trinajstić information content (AvgIpc) is 2.38. The van der Waals surface area contributed by atoms with Crippen LogP contribution in [0.4, 0.5) is 5.69 Å². The molecule has 0 amide bonds. The van der Waals surface area contributed by atoms with E-state index in [2.05, 4.69) is 12.8 Å². The molecule has 0 radical (unpaired) electrons. The predicted octanol–water partition coefficient (Wildman–Crippen LogP) is 3.35. The van der Waals surface area contributed by atoms with Crippen LogP contribution in [0.25, 0.3) is 0 Å². The van der Waals surface area contributed by atoms with Crippen LogP contribution in [0, 0.1) is 12.3 Å². The van der Waals surface area contributed by atoms with E-state index in [1.54, 1.807) is 0 Å². The maximum atomic E-state index is 11.5. The Hall–Kier alpha value is -1.60. The first-order valence-electron chi connectivity index (χ1n) is 6.33. The first-order chi connectivity index (χ1) is 9.15. The monoisotopic (exact) mass is 277 g/mol. The number of carbonyl (C=O) groups is 1. The third-order valence-corrected chi connectivity index (χ3v) is 3.57. The smallest absolute Gasteiger partial charge is 0.338 e. The van der Waals surface area contributed by atoms with Gasteiger partial charge >= 0.3 is 5.97 Å². The van der Waals surface area contributed by atoms with E-state index in [9.17, 15) is 9.90 Å². The molecule has 3 nitrogen and oxygen atoms in total. The van der Waals surface area contributed by atoms with Gasteiger partial charge in [-0.05, 0) is 24.3 Å². The van der Waals surface area contributed by atoms with Crippen molar-refractivity contribution >= 4 is 23.4 Å². The number of aromatic carboxylic acids is 1. The number of hydrogen-bond donors (Lipinski definition) is 1. The molecule has 0 bridgehead atoms. The quantitative estimate of drug-likeness (QED) is 0.613. The van der Waals surface area contributed by atoms with Crippen molar-refractivity contribution in [1.29, 1.82) is 0 Å². The molecule has 0 aliphatic heterocycles. The third-order valence-electron chi connectivity index (χ3n) is 2.63. The molecule has 0 saturated carbocycles. The molecular formula is C15H19NO2S. The van der Waals surface area contributed by atoms with Gasteiger partial charge in [0.05, 0.1) is 17.8 Å². The summed E-state index contributed by atoms with van der Waals surface area (Å²) in [6.07, 6.45) is 6.30. The van der Waals surface area contributed by atoms with Gasteiger partial charge in [-0.2, -0.15) is 0 Å². The molecule has 19 heavy (non-hydrogen) atoms. The maximum absolute atomic E-state index is 11.5. The molecule has 1 rings (SSSR count). The van der Waals surface area contributed by atoms with Gasteiger partial charge in [0, 0.05) is 11.4 Å². The summed E-state index contributed by atoms with van der Waals surface area (Å²) in [5.74, 6) is 2.54. The van der Waals surface area contributed by atoms with Gasteiger partial charge in [-0.1, -0.05) is 25.8 Å². The molecule has 1 aromatic rings. The summed E-state index contributed by atoms with van der Waals surface area (Å²) in [6, 6.07) is 5.57. The minimum Gasteiger partial charge on any atom is -0.478 e. The van der Waals surface area contributed by atoms with Crippen LogP contribution in [0.2, 0.25) is 0 Å². The van der Waals surface area contributed by atoms with E-state index in [0.717, 1.165) is 23.6 Å². The van der Waals surface area contributed by atoms with Crippen LogP contribution in [-0.4, -0.2) is 29.9 Å². The summed E-state index contributed by atoms with van der Waals surface area (Å²) in [5, 5.41) is 9.47. The van der Waals surface area contributed by atoms with E-state index in [-0.39, 0.29) is 0 Å². The van der Waals surface area contributed by atoms with Crippen molar-refractivity contribution in [3.05, 3.63) is 23.8 Å². The number of benzene rings is 1. The highest BCUT2D eigenvalue weighted by Crippen LogP contribution is 2.31. The first-order valence-corrected chi connectivity index (χ1v) is 7.31. The van der Waals surface area contributed by atoms with E-state index in [4.69, 9.17) is 6.42 Å². The molecule has 0 saturated heterocycles. The Morgan fingerprint density at radius 3 is 2.74 bits per heavy atom. The number of rotatable bonds is 7. The number of anilines is 1. The predicted molar refractivity (Wildman–Crippen MR) is 81.1 cm³/mol. The van der Waals surface area contributed by atoms with Crippen LogP contribution in [0.15, 0.2) is 23.1 Å². The van der Waals surface area contributed by atoms with Crippen LogP contribution < -0.4 is 4.90 Å². The highest BCUT2D eigenvalue weighted by atomic mass is 32.2. The van der Waals surface area contributed by atoms with E-state index in [1.807, 2.05) is 30.0 Å². The van der Waals surface area contributed by atoms with E-state index < -0.39 is 5.97 Å². The lowest BCUT2D eigenvalue weighted by Crippen LogP contribution is -2.26. The summed E-state index contributed by atoms with van der Waals surface area (Å²) < 4.78 is 0. The number of thioether (sulfide) groups is 1. The molecule has 102 valence electrons. The van der Waals surface area contributed by atoms with Crippen LogP contribution in [0.5, 0.6) is 0 Å². The van der Waals surface area contributed by atoms with Gasteiger partial charge in [-0.15, -0.1) is 18.2 Å². The van der Waals surface area contributed by atoms with Crippen molar-refractivity contribution < 1.29 is 9.90 Å². The fourth-order valence-electron chi connectivity index (χ4n) is 1.94. The fourth-order valence-corrected chi connectivity index (χ4v) is 2.76. The van der Waals surface area contributed by atoms with Crippen LogP contribution in [0.1, 0.15) is 30.6 Å². The second kappa shape index (κ2) is 7.75. The number of carboxylic acids is 1. The second-order valence-corrected chi connectivity index (χ2v) is 5.32. The molecular weight excluding hydrogens is 258 g/mol. The highest BCUT2D eigenvalue weighted by Gasteiger charge is 2.19. The Labute approximate surface area is 119 Å². The first kappa shape index (κ1) is 15.5. The number of nitrogens with zero attached hydrogens (tertiary/aromatic N) is 1. The van der Waals surface area contributed by atoms with Gasteiger partial charge in [-0.25, -0.2) is 4.79 Å². The van der Waals surface area contributed by atoms with Crippen LogP contribution in [0.3, 0.4) is 0 Å².